The van der Waals surface area contributed by atoms with Crippen LogP contribution in [0.1, 0.15) is 19.8 Å². The number of aliphatic hydroxyl groups is 3. The third kappa shape index (κ3) is 5.16. The predicted molar refractivity (Wildman–Crippen MR) is 62.3 cm³/mol. The second-order valence-electron chi connectivity index (χ2n) is 3.90. The van der Waals surface area contributed by atoms with Crippen LogP contribution in [-0.2, 0) is 9.53 Å². The molecule has 0 radical (unpaired) electrons. The topological polar surface area (TPSA) is 87.0 Å². The van der Waals surface area contributed by atoms with Crippen LogP contribution in [0.4, 0.5) is 0 Å². The van der Waals surface area contributed by atoms with Crippen LogP contribution in [0.15, 0.2) is 0 Å². The lowest BCUT2D eigenvalue weighted by Gasteiger charge is -2.26. The summed E-state index contributed by atoms with van der Waals surface area (Å²) in [5, 5.41) is 26.9. The summed E-state index contributed by atoms with van der Waals surface area (Å²) in [7, 11) is 0. The first-order valence-electron chi connectivity index (χ1n) is 5.20. The van der Waals surface area contributed by atoms with E-state index in [4.69, 9.17) is 20.1 Å². The van der Waals surface area contributed by atoms with E-state index in [1.165, 1.54) is 0 Å². The lowest BCUT2D eigenvalue weighted by Crippen LogP contribution is -2.39. The molecule has 3 N–H and O–H groups in total. The summed E-state index contributed by atoms with van der Waals surface area (Å²) in [5.74, 6) is -0.443. The van der Waals surface area contributed by atoms with Gasteiger partial charge in [-0.2, -0.15) is 12.6 Å². The minimum Gasteiger partial charge on any atom is -0.465 e. The Morgan fingerprint density at radius 3 is 2.19 bits per heavy atom. The summed E-state index contributed by atoms with van der Waals surface area (Å²) in [4.78, 5) is 11.3. The van der Waals surface area contributed by atoms with Crippen molar-refractivity contribution in [1.29, 1.82) is 0 Å². The molecule has 0 aromatic heterocycles. The minimum absolute atomic E-state index is 0.0562. The number of aliphatic hydroxyl groups excluding tert-OH is 3. The van der Waals surface area contributed by atoms with Crippen LogP contribution >= 0.6 is 12.6 Å². The van der Waals surface area contributed by atoms with E-state index in [-0.39, 0.29) is 18.3 Å². The molecule has 0 aliphatic rings. The van der Waals surface area contributed by atoms with Gasteiger partial charge >= 0.3 is 5.97 Å². The Morgan fingerprint density at radius 2 is 1.81 bits per heavy atom. The smallest absolute Gasteiger partial charge is 0.306 e. The van der Waals surface area contributed by atoms with Crippen LogP contribution < -0.4 is 0 Å². The molecule has 1 unspecified atom stereocenters. The summed E-state index contributed by atoms with van der Waals surface area (Å²) in [5.41, 5.74) is -1.16. The van der Waals surface area contributed by atoms with Crippen LogP contribution in [0.5, 0.6) is 0 Å². The molecule has 0 heterocycles. The Kier molecular flexibility index (Phi) is 7.74. The van der Waals surface area contributed by atoms with Gasteiger partial charge in [-0.15, -0.1) is 0 Å². The van der Waals surface area contributed by atoms with E-state index >= 15 is 0 Å². The number of esters is 1. The van der Waals surface area contributed by atoms with Crippen LogP contribution in [-0.4, -0.2) is 53.0 Å². The van der Waals surface area contributed by atoms with E-state index in [0.29, 0.717) is 0 Å². The monoisotopic (exact) mass is 252 g/mol. The molecule has 0 rings (SSSR count). The fourth-order valence-electron chi connectivity index (χ4n) is 0.916. The fourth-order valence-corrected chi connectivity index (χ4v) is 1.07. The summed E-state index contributed by atoms with van der Waals surface area (Å²) in [6.45, 7) is 0.395. The lowest BCUT2D eigenvalue weighted by molar-refractivity contribution is -0.151. The minimum atomic E-state index is -1.16. The molecule has 0 saturated carbocycles. The summed E-state index contributed by atoms with van der Waals surface area (Å²) in [6.07, 6.45) is 0.932. The highest BCUT2D eigenvalue weighted by Gasteiger charge is 2.30. The van der Waals surface area contributed by atoms with Crippen LogP contribution in [0.25, 0.3) is 0 Å². The van der Waals surface area contributed by atoms with E-state index in [9.17, 15) is 4.79 Å². The van der Waals surface area contributed by atoms with Gasteiger partial charge in [0.1, 0.15) is 6.61 Å². The molecular weight excluding hydrogens is 232 g/mol. The third-order valence-corrected chi connectivity index (χ3v) is 2.97. The maximum Gasteiger partial charge on any atom is 0.306 e. The number of hydrogen-bond donors (Lipinski definition) is 4. The van der Waals surface area contributed by atoms with Crippen molar-refractivity contribution < 1.29 is 24.9 Å². The van der Waals surface area contributed by atoms with Gasteiger partial charge in [0.05, 0.1) is 31.7 Å². The molecule has 0 fully saturated rings. The predicted octanol–water partition coefficient (Wildman–Crippen LogP) is -0.409. The van der Waals surface area contributed by atoms with E-state index in [1.807, 2.05) is 6.92 Å². The summed E-state index contributed by atoms with van der Waals surface area (Å²) in [6, 6.07) is 0. The largest absolute Gasteiger partial charge is 0.465 e. The first-order valence-corrected chi connectivity index (χ1v) is 5.71. The van der Waals surface area contributed by atoms with Crippen molar-refractivity contribution in [2.24, 2.45) is 5.41 Å². The Bertz CT molecular complexity index is 197. The van der Waals surface area contributed by atoms with Gasteiger partial charge in [0.25, 0.3) is 0 Å². The normalized spacial score (nSPS) is 13.6. The van der Waals surface area contributed by atoms with Gasteiger partial charge in [0, 0.05) is 5.25 Å². The zero-order valence-corrected chi connectivity index (χ0v) is 10.3. The van der Waals surface area contributed by atoms with E-state index < -0.39 is 31.2 Å². The second-order valence-corrected chi connectivity index (χ2v) is 4.63. The van der Waals surface area contributed by atoms with E-state index in [1.54, 1.807) is 0 Å². The molecule has 0 saturated heterocycles. The highest BCUT2D eigenvalue weighted by Crippen LogP contribution is 2.16. The van der Waals surface area contributed by atoms with Crippen molar-refractivity contribution in [3.05, 3.63) is 0 Å². The molecule has 5 nitrogen and oxygen atoms in total. The molecule has 16 heavy (non-hydrogen) atoms. The number of ether oxygens (including phenoxy) is 1. The molecule has 1 atom stereocenters. The molecule has 0 aliphatic heterocycles. The van der Waals surface area contributed by atoms with E-state index in [2.05, 4.69) is 12.6 Å². The molecule has 0 bridgehead atoms. The Labute approximate surface area is 101 Å². The molecule has 96 valence electrons. The van der Waals surface area contributed by atoms with Gasteiger partial charge in [0.2, 0.25) is 0 Å². The number of thiol groups is 1. The highest BCUT2D eigenvalue weighted by atomic mass is 32.1. The molecule has 0 aromatic carbocycles. The van der Waals surface area contributed by atoms with Crippen molar-refractivity contribution in [1.82, 2.24) is 0 Å². The maximum absolute atomic E-state index is 11.3. The van der Waals surface area contributed by atoms with Crippen LogP contribution in [0.3, 0.4) is 0 Å². The summed E-state index contributed by atoms with van der Waals surface area (Å²) < 4.78 is 4.88. The molecule has 0 amide bonds. The van der Waals surface area contributed by atoms with Crippen molar-refractivity contribution >= 4 is 18.6 Å². The third-order valence-electron chi connectivity index (χ3n) is 2.42. The van der Waals surface area contributed by atoms with Crippen LogP contribution in [0, 0.1) is 5.41 Å². The van der Waals surface area contributed by atoms with Gasteiger partial charge in [-0.25, -0.2) is 0 Å². The quantitative estimate of drug-likeness (QED) is 0.348. The zero-order valence-electron chi connectivity index (χ0n) is 9.43. The average Bonchev–Trinajstić information content (AvgIpc) is 2.31. The first kappa shape index (κ1) is 15.7. The molecule has 0 spiro atoms. The van der Waals surface area contributed by atoms with Crippen molar-refractivity contribution in [3.63, 3.8) is 0 Å². The van der Waals surface area contributed by atoms with Crippen molar-refractivity contribution in [2.75, 3.05) is 26.4 Å². The van der Waals surface area contributed by atoms with Gasteiger partial charge in [-0.05, 0) is 6.42 Å². The second kappa shape index (κ2) is 7.89. The fraction of sp³-hybridized carbons (Fsp3) is 0.900. The Balaban J connectivity index is 4.06. The zero-order chi connectivity index (χ0) is 12.6. The number of carbonyl (C=O) groups excluding carboxylic acids is 1. The maximum atomic E-state index is 11.3. The first-order chi connectivity index (χ1) is 7.53. The number of carbonyl (C=O) groups is 1. The molecular formula is C10H20O5S. The van der Waals surface area contributed by atoms with Gasteiger partial charge in [-0.1, -0.05) is 6.92 Å². The highest BCUT2D eigenvalue weighted by molar-refractivity contribution is 7.81. The standard InChI is InChI=1S/C10H20O5S/c1-2-8(16)3-9(14)15-7-10(4-11,5-12)6-13/h8,11-13,16H,2-7H2,1H3. The molecule has 0 aromatic rings. The number of hydrogen-bond acceptors (Lipinski definition) is 6. The van der Waals surface area contributed by atoms with Crippen LogP contribution in [0.2, 0.25) is 0 Å². The Morgan fingerprint density at radius 1 is 1.31 bits per heavy atom. The SMILES string of the molecule is CCC(S)CC(=O)OCC(CO)(CO)CO. The van der Waals surface area contributed by atoms with Gasteiger partial charge in [0.15, 0.2) is 0 Å². The van der Waals surface area contributed by atoms with Gasteiger partial charge < -0.3 is 20.1 Å². The van der Waals surface area contributed by atoms with E-state index in [0.717, 1.165) is 6.42 Å². The van der Waals surface area contributed by atoms with Gasteiger partial charge in [-0.3, -0.25) is 4.79 Å². The van der Waals surface area contributed by atoms with Crippen molar-refractivity contribution in [3.8, 4) is 0 Å². The summed E-state index contributed by atoms with van der Waals surface area (Å²) >= 11 is 4.15. The van der Waals surface area contributed by atoms with Crippen molar-refractivity contribution in [2.45, 2.75) is 25.0 Å². The number of rotatable bonds is 8. The lowest BCUT2D eigenvalue weighted by atomic mass is 9.93. The Hall–Kier alpha value is -0.300. The average molecular weight is 252 g/mol. The molecule has 0 aliphatic carbocycles. The molecule has 6 heteroatoms.